The molecule has 1 saturated heterocycles. The Hall–Kier alpha value is 0.118. The molecule has 10 heavy (non-hydrogen) atoms. The molecule has 0 bridgehead atoms. The van der Waals surface area contributed by atoms with Crippen molar-refractivity contribution in [3.8, 4) is 0 Å². The first-order valence-corrected chi connectivity index (χ1v) is 3.13. The fourth-order valence-corrected chi connectivity index (χ4v) is 0.909. The van der Waals surface area contributed by atoms with Gasteiger partial charge in [0.05, 0.1) is 0 Å². The Balaban J connectivity index is 0.000000810. The molecule has 0 aromatic heterocycles. The summed E-state index contributed by atoms with van der Waals surface area (Å²) in [4.78, 5) is 12.7. The second-order valence-electron chi connectivity index (χ2n) is 2.34. The molecule has 0 saturated carbocycles. The molecule has 1 heterocycles. The van der Waals surface area contributed by atoms with Crippen molar-refractivity contribution in [1.29, 1.82) is 0 Å². The first kappa shape index (κ1) is 10.1. The predicted octanol–water partition coefficient (Wildman–Crippen LogP) is 0.218. The van der Waals surface area contributed by atoms with Crippen LogP contribution >= 0.6 is 0 Å². The standard InChI is InChI=1S/C6H11N2O.W/c1-5-6(9)8(2)4-3-7-5;/h5H,3-4H2,1-2H3;/q-1;. The van der Waals surface area contributed by atoms with E-state index >= 15 is 0 Å². The van der Waals surface area contributed by atoms with Crippen LogP contribution in [-0.4, -0.2) is 37.0 Å². The molecule has 1 atom stereocenters. The zero-order chi connectivity index (χ0) is 6.85. The second kappa shape index (κ2) is 4.09. The van der Waals surface area contributed by atoms with E-state index in [1.54, 1.807) is 4.90 Å². The number of likely N-dealkylation sites (N-methyl/N-ethyl adjacent to an activating group) is 1. The monoisotopic (exact) mass is 311 g/mol. The molecular formula is C6H11N2OW-. The van der Waals surface area contributed by atoms with Gasteiger partial charge in [0.15, 0.2) is 0 Å². The van der Waals surface area contributed by atoms with Crippen molar-refractivity contribution in [2.45, 2.75) is 13.0 Å². The molecule has 1 amide bonds. The summed E-state index contributed by atoms with van der Waals surface area (Å²) in [5.74, 6) is 0.140. The van der Waals surface area contributed by atoms with Crippen molar-refractivity contribution < 1.29 is 25.9 Å². The fourth-order valence-electron chi connectivity index (χ4n) is 0.909. The van der Waals surface area contributed by atoms with Crippen LogP contribution in [0.15, 0.2) is 0 Å². The molecular weight excluding hydrogens is 300 g/mol. The van der Waals surface area contributed by atoms with Crippen molar-refractivity contribution in [1.82, 2.24) is 4.90 Å². The van der Waals surface area contributed by atoms with Crippen molar-refractivity contribution in [2.75, 3.05) is 20.1 Å². The van der Waals surface area contributed by atoms with Crippen molar-refractivity contribution in [2.24, 2.45) is 0 Å². The third-order valence-corrected chi connectivity index (χ3v) is 1.57. The molecule has 1 rings (SSSR count). The number of carbonyl (C=O) groups is 1. The van der Waals surface area contributed by atoms with E-state index in [0.29, 0.717) is 0 Å². The number of hydrogen-bond donors (Lipinski definition) is 0. The number of carbonyl (C=O) groups excluding carboxylic acids is 1. The van der Waals surface area contributed by atoms with Crippen LogP contribution in [0.5, 0.6) is 0 Å². The van der Waals surface area contributed by atoms with Crippen molar-refractivity contribution >= 4 is 5.91 Å². The minimum Gasteiger partial charge on any atom is -0.650 e. The van der Waals surface area contributed by atoms with Gasteiger partial charge in [0, 0.05) is 34.7 Å². The zero-order valence-electron chi connectivity index (χ0n) is 6.20. The first-order valence-electron chi connectivity index (χ1n) is 3.13. The normalized spacial score (nSPS) is 26.0. The van der Waals surface area contributed by atoms with Crippen LogP contribution in [0.2, 0.25) is 0 Å². The van der Waals surface area contributed by atoms with Gasteiger partial charge in [0.25, 0.3) is 0 Å². The molecule has 1 fully saturated rings. The van der Waals surface area contributed by atoms with Crippen molar-refractivity contribution in [3.63, 3.8) is 0 Å². The van der Waals surface area contributed by atoms with E-state index in [0.717, 1.165) is 13.1 Å². The molecule has 0 N–H and O–H groups in total. The Morgan fingerprint density at radius 3 is 2.70 bits per heavy atom. The van der Waals surface area contributed by atoms with Gasteiger partial charge in [0.1, 0.15) is 0 Å². The van der Waals surface area contributed by atoms with Gasteiger partial charge in [-0.1, -0.05) is 13.0 Å². The molecule has 0 aromatic carbocycles. The average molecular weight is 311 g/mol. The smallest absolute Gasteiger partial charge is 0.204 e. The van der Waals surface area contributed by atoms with E-state index in [4.69, 9.17) is 0 Å². The van der Waals surface area contributed by atoms with Gasteiger partial charge < -0.3 is 10.2 Å². The quantitative estimate of drug-likeness (QED) is 0.630. The van der Waals surface area contributed by atoms with Gasteiger partial charge in [-0.25, -0.2) is 0 Å². The largest absolute Gasteiger partial charge is 0.650 e. The molecule has 1 aliphatic rings. The Morgan fingerprint density at radius 1 is 1.70 bits per heavy atom. The summed E-state index contributed by atoms with van der Waals surface area (Å²) in [6.45, 7) is 3.41. The Morgan fingerprint density at radius 2 is 2.30 bits per heavy atom. The topological polar surface area (TPSA) is 34.4 Å². The Labute approximate surface area is 75.4 Å². The van der Waals surface area contributed by atoms with E-state index in [-0.39, 0.29) is 33.0 Å². The van der Waals surface area contributed by atoms with Gasteiger partial charge in [-0.05, 0) is 0 Å². The molecule has 1 unspecified atom stereocenters. The average Bonchev–Trinajstić information content (AvgIpc) is 1.83. The van der Waals surface area contributed by atoms with Crippen LogP contribution in [-0.2, 0) is 25.9 Å². The van der Waals surface area contributed by atoms with Gasteiger partial charge in [0.2, 0.25) is 5.91 Å². The van der Waals surface area contributed by atoms with E-state index in [2.05, 4.69) is 5.32 Å². The summed E-state index contributed by atoms with van der Waals surface area (Å²) in [5.41, 5.74) is 0. The van der Waals surface area contributed by atoms with E-state index in [1.807, 2.05) is 14.0 Å². The maximum Gasteiger partial charge on any atom is 0.204 e. The number of amides is 1. The Kier molecular flexibility index (Phi) is 4.14. The second-order valence-corrected chi connectivity index (χ2v) is 2.34. The van der Waals surface area contributed by atoms with Crippen LogP contribution in [0, 0.1) is 0 Å². The fraction of sp³-hybridized carbons (Fsp3) is 0.833. The Bertz CT molecular complexity index is 117. The summed E-state index contributed by atoms with van der Waals surface area (Å²) in [6, 6.07) is -0.108. The van der Waals surface area contributed by atoms with E-state index in [9.17, 15) is 4.79 Å². The molecule has 58 valence electrons. The molecule has 1 aliphatic heterocycles. The van der Waals surface area contributed by atoms with E-state index in [1.165, 1.54) is 0 Å². The summed E-state index contributed by atoms with van der Waals surface area (Å²) in [7, 11) is 1.81. The third-order valence-electron chi connectivity index (χ3n) is 1.57. The summed E-state index contributed by atoms with van der Waals surface area (Å²) < 4.78 is 0. The number of rotatable bonds is 0. The number of hydrogen-bond acceptors (Lipinski definition) is 1. The molecule has 4 heteroatoms. The van der Waals surface area contributed by atoms with Gasteiger partial charge in [-0.2, -0.15) is 0 Å². The van der Waals surface area contributed by atoms with E-state index < -0.39 is 0 Å². The molecule has 0 radical (unpaired) electrons. The minimum atomic E-state index is -0.108. The first-order chi connectivity index (χ1) is 4.22. The maximum atomic E-state index is 11.0. The number of piperazine rings is 1. The van der Waals surface area contributed by atoms with Crippen LogP contribution in [0.25, 0.3) is 5.32 Å². The van der Waals surface area contributed by atoms with Crippen LogP contribution in [0.3, 0.4) is 0 Å². The van der Waals surface area contributed by atoms with Crippen LogP contribution in [0.1, 0.15) is 6.92 Å². The van der Waals surface area contributed by atoms with Crippen LogP contribution < -0.4 is 0 Å². The van der Waals surface area contributed by atoms with Crippen LogP contribution in [0.4, 0.5) is 0 Å². The van der Waals surface area contributed by atoms with Gasteiger partial charge >= 0.3 is 0 Å². The molecule has 0 aromatic rings. The molecule has 0 aliphatic carbocycles. The van der Waals surface area contributed by atoms with Gasteiger partial charge in [-0.15, -0.1) is 6.54 Å². The SMILES string of the molecule is CC1[N-]CCN(C)C1=O.[W]. The maximum absolute atomic E-state index is 11.0. The summed E-state index contributed by atoms with van der Waals surface area (Å²) in [5, 5.41) is 4.07. The molecule has 0 spiro atoms. The summed E-state index contributed by atoms with van der Waals surface area (Å²) >= 11 is 0. The number of nitrogens with zero attached hydrogens (tertiary/aromatic N) is 2. The minimum absolute atomic E-state index is 0. The zero-order valence-corrected chi connectivity index (χ0v) is 9.14. The third kappa shape index (κ3) is 2.06. The van der Waals surface area contributed by atoms with Crippen molar-refractivity contribution in [3.05, 3.63) is 5.32 Å². The van der Waals surface area contributed by atoms with Gasteiger partial charge in [-0.3, -0.25) is 4.79 Å². The summed E-state index contributed by atoms with van der Waals surface area (Å²) in [6.07, 6.45) is 0. The predicted molar refractivity (Wildman–Crippen MR) is 35.3 cm³/mol. The molecule has 3 nitrogen and oxygen atoms in total.